The van der Waals surface area contributed by atoms with Gasteiger partial charge in [-0.3, -0.25) is 0 Å². The number of hydrogen-bond acceptors (Lipinski definition) is 1. The summed E-state index contributed by atoms with van der Waals surface area (Å²) >= 11 is 14.4. The van der Waals surface area contributed by atoms with E-state index in [1.807, 2.05) is 23.6 Å². The minimum atomic E-state index is -0.377. The highest BCUT2D eigenvalue weighted by atomic mass is 35.5. The maximum absolute atomic E-state index is 13.5. The van der Waals surface area contributed by atoms with E-state index in [1.165, 1.54) is 10.8 Å². The van der Waals surface area contributed by atoms with Crippen LogP contribution >= 0.6 is 34.5 Å². The highest BCUT2D eigenvalue weighted by Crippen LogP contribution is 2.40. The van der Waals surface area contributed by atoms with Crippen molar-refractivity contribution in [3.05, 3.63) is 69.3 Å². The van der Waals surface area contributed by atoms with Crippen LogP contribution < -0.4 is 0 Å². The quantitative estimate of drug-likeness (QED) is 0.483. The molecule has 0 aliphatic heterocycles. The van der Waals surface area contributed by atoms with Gasteiger partial charge in [0.15, 0.2) is 0 Å². The largest absolute Gasteiger partial charge is 0.207 e. The summed E-state index contributed by atoms with van der Waals surface area (Å²) in [6, 6.07) is 11.1. The molecule has 0 N–H and O–H groups in total. The van der Waals surface area contributed by atoms with Crippen LogP contribution in [0.2, 0.25) is 5.02 Å². The van der Waals surface area contributed by atoms with Gasteiger partial charge in [0.05, 0.1) is 5.38 Å². The van der Waals surface area contributed by atoms with Gasteiger partial charge in [0.1, 0.15) is 5.82 Å². The van der Waals surface area contributed by atoms with E-state index < -0.39 is 0 Å². The number of thiophene rings is 1. The Morgan fingerprint density at radius 3 is 2.70 bits per heavy atom. The Labute approximate surface area is 130 Å². The second-order valence-electron chi connectivity index (χ2n) is 4.67. The van der Waals surface area contributed by atoms with Gasteiger partial charge in [-0.25, -0.2) is 4.39 Å². The molecule has 20 heavy (non-hydrogen) atoms. The monoisotopic (exact) mass is 324 g/mol. The molecule has 0 aliphatic rings. The van der Waals surface area contributed by atoms with Gasteiger partial charge in [0.2, 0.25) is 0 Å². The van der Waals surface area contributed by atoms with Gasteiger partial charge in [-0.1, -0.05) is 29.8 Å². The molecule has 2 aromatic carbocycles. The molecule has 4 heteroatoms. The van der Waals surface area contributed by atoms with Gasteiger partial charge < -0.3 is 0 Å². The molecule has 1 unspecified atom stereocenters. The number of halogens is 3. The molecule has 3 aromatic rings. The van der Waals surface area contributed by atoms with E-state index in [0.29, 0.717) is 10.6 Å². The first-order valence-corrected chi connectivity index (χ1v) is 7.83. The third-order valence-corrected chi connectivity index (χ3v) is 5.11. The molecule has 1 heterocycles. The van der Waals surface area contributed by atoms with Crippen LogP contribution in [0.5, 0.6) is 0 Å². The third kappa shape index (κ3) is 2.32. The normalized spacial score (nSPS) is 12.8. The van der Waals surface area contributed by atoms with Crippen molar-refractivity contribution in [2.45, 2.75) is 12.3 Å². The smallest absolute Gasteiger partial charge is 0.127 e. The van der Waals surface area contributed by atoms with E-state index in [0.717, 1.165) is 16.5 Å². The first-order chi connectivity index (χ1) is 9.58. The van der Waals surface area contributed by atoms with E-state index in [-0.39, 0.29) is 11.2 Å². The fourth-order valence-corrected chi connectivity index (χ4v) is 3.97. The van der Waals surface area contributed by atoms with Crippen LogP contribution in [-0.4, -0.2) is 0 Å². The molecule has 0 radical (unpaired) electrons. The Morgan fingerprint density at radius 2 is 1.90 bits per heavy atom. The number of benzene rings is 2. The molecule has 0 saturated heterocycles. The number of hydrogen-bond donors (Lipinski definition) is 0. The summed E-state index contributed by atoms with van der Waals surface area (Å²) in [5.74, 6) is -0.308. The van der Waals surface area contributed by atoms with Gasteiger partial charge in [-0.05, 0) is 52.6 Å². The van der Waals surface area contributed by atoms with Crippen molar-refractivity contribution in [3.8, 4) is 0 Å². The van der Waals surface area contributed by atoms with Gasteiger partial charge in [-0.15, -0.1) is 22.9 Å². The first-order valence-electron chi connectivity index (χ1n) is 6.13. The summed E-state index contributed by atoms with van der Waals surface area (Å²) < 4.78 is 14.7. The van der Waals surface area contributed by atoms with E-state index in [9.17, 15) is 4.39 Å². The summed E-state index contributed by atoms with van der Waals surface area (Å²) in [4.78, 5) is 0. The topological polar surface area (TPSA) is 0 Å². The predicted octanol–water partition coefficient (Wildman–Crippen LogP) is 6.33. The maximum Gasteiger partial charge on any atom is 0.127 e. The Morgan fingerprint density at radius 1 is 1.15 bits per heavy atom. The number of rotatable bonds is 2. The Balaban J connectivity index is 2.13. The lowest BCUT2D eigenvalue weighted by atomic mass is 10.0. The summed E-state index contributed by atoms with van der Waals surface area (Å²) in [6.07, 6.45) is 0. The fourth-order valence-electron chi connectivity index (χ4n) is 2.24. The van der Waals surface area contributed by atoms with Gasteiger partial charge in [0.25, 0.3) is 0 Å². The molecule has 0 saturated carbocycles. The van der Waals surface area contributed by atoms with E-state index in [4.69, 9.17) is 23.2 Å². The SMILES string of the molecule is Cc1cc(C(Cl)c2csc3ccccc23)c(Cl)cc1F. The van der Waals surface area contributed by atoms with Crippen molar-refractivity contribution >= 4 is 44.6 Å². The van der Waals surface area contributed by atoms with Crippen molar-refractivity contribution in [2.24, 2.45) is 0 Å². The average Bonchev–Trinajstić information content (AvgIpc) is 2.86. The Hall–Kier alpha value is -1.09. The van der Waals surface area contributed by atoms with Crippen molar-refractivity contribution in [2.75, 3.05) is 0 Å². The molecule has 0 fully saturated rings. The molecule has 0 spiro atoms. The first kappa shape index (κ1) is 13.9. The van der Waals surface area contributed by atoms with Crippen LogP contribution in [-0.2, 0) is 0 Å². The van der Waals surface area contributed by atoms with Crippen molar-refractivity contribution in [3.63, 3.8) is 0 Å². The molecule has 3 rings (SSSR count). The van der Waals surface area contributed by atoms with Crippen LogP contribution in [0, 0.1) is 12.7 Å². The second kappa shape index (κ2) is 5.36. The van der Waals surface area contributed by atoms with Crippen LogP contribution in [0.15, 0.2) is 41.8 Å². The molecule has 1 atom stereocenters. The average molecular weight is 325 g/mol. The zero-order valence-corrected chi connectivity index (χ0v) is 13.0. The number of aryl methyl sites for hydroxylation is 1. The van der Waals surface area contributed by atoms with Crippen molar-refractivity contribution < 1.29 is 4.39 Å². The second-order valence-corrected chi connectivity index (χ2v) is 6.43. The highest BCUT2D eigenvalue weighted by Gasteiger charge is 2.19. The van der Waals surface area contributed by atoms with Gasteiger partial charge >= 0.3 is 0 Å². The minimum absolute atomic E-state index is 0.308. The lowest BCUT2D eigenvalue weighted by Crippen LogP contribution is -1.96. The zero-order valence-electron chi connectivity index (χ0n) is 10.7. The molecule has 0 nitrogen and oxygen atoms in total. The molecule has 102 valence electrons. The van der Waals surface area contributed by atoms with Crippen LogP contribution in [0.3, 0.4) is 0 Å². The van der Waals surface area contributed by atoms with Crippen LogP contribution in [0.1, 0.15) is 22.1 Å². The molecule has 1 aromatic heterocycles. The number of alkyl halides is 1. The van der Waals surface area contributed by atoms with E-state index in [2.05, 4.69) is 6.07 Å². The fraction of sp³-hybridized carbons (Fsp3) is 0.125. The molecular formula is C16H11Cl2FS. The van der Waals surface area contributed by atoms with E-state index >= 15 is 0 Å². The minimum Gasteiger partial charge on any atom is -0.207 e. The predicted molar refractivity (Wildman–Crippen MR) is 85.7 cm³/mol. The molecule has 0 bridgehead atoms. The molecular weight excluding hydrogens is 314 g/mol. The van der Waals surface area contributed by atoms with Crippen LogP contribution in [0.25, 0.3) is 10.1 Å². The highest BCUT2D eigenvalue weighted by molar-refractivity contribution is 7.17. The van der Waals surface area contributed by atoms with Crippen molar-refractivity contribution in [1.29, 1.82) is 0 Å². The standard InChI is InChI=1S/C16H11Cl2FS/c1-9-6-11(13(17)7-14(9)19)16(18)12-8-20-15-5-3-2-4-10(12)15/h2-8,16H,1H3. The summed E-state index contributed by atoms with van der Waals surface area (Å²) in [5.41, 5.74) is 2.31. The van der Waals surface area contributed by atoms with Gasteiger partial charge in [-0.2, -0.15) is 0 Å². The zero-order chi connectivity index (χ0) is 14.3. The Bertz CT molecular complexity index is 779. The summed E-state index contributed by atoms with van der Waals surface area (Å²) in [7, 11) is 0. The summed E-state index contributed by atoms with van der Waals surface area (Å²) in [6.45, 7) is 1.71. The number of fused-ring (bicyclic) bond motifs is 1. The van der Waals surface area contributed by atoms with Crippen molar-refractivity contribution in [1.82, 2.24) is 0 Å². The third-order valence-electron chi connectivity index (χ3n) is 3.33. The lowest BCUT2D eigenvalue weighted by molar-refractivity contribution is 0.618. The van der Waals surface area contributed by atoms with E-state index in [1.54, 1.807) is 24.3 Å². The summed E-state index contributed by atoms with van der Waals surface area (Å²) in [5, 5.41) is 3.15. The Kier molecular flexibility index (Phi) is 3.72. The molecule has 0 aliphatic carbocycles. The molecule has 0 amide bonds. The van der Waals surface area contributed by atoms with Crippen LogP contribution in [0.4, 0.5) is 4.39 Å². The maximum atomic E-state index is 13.5. The van der Waals surface area contributed by atoms with Gasteiger partial charge in [0, 0.05) is 9.72 Å². The lowest BCUT2D eigenvalue weighted by Gasteiger charge is -2.13.